The first-order valence-corrected chi connectivity index (χ1v) is 6.32. The van der Waals surface area contributed by atoms with Gasteiger partial charge in [-0.3, -0.25) is 4.79 Å². The summed E-state index contributed by atoms with van der Waals surface area (Å²) in [5.41, 5.74) is 0. The molecule has 3 fully saturated rings. The molecule has 1 saturated heterocycles. The largest absolute Gasteiger partial charge is 0.459 e. The molecule has 1 N–H and O–H groups in total. The Morgan fingerprint density at radius 3 is 2.65 bits per heavy atom. The Kier molecular flexibility index (Phi) is 2.47. The van der Waals surface area contributed by atoms with Crippen LogP contribution < -0.4 is 0 Å². The van der Waals surface area contributed by atoms with E-state index in [9.17, 15) is 9.90 Å². The number of carbonyl (C=O) groups is 1. The van der Waals surface area contributed by atoms with Gasteiger partial charge in [0.1, 0.15) is 12.0 Å². The number of esters is 1. The van der Waals surface area contributed by atoms with Crippen LogP contribution in [-0.4, -0.2) is 42.3 Å². The average Bonchev–Trinajstić information content (AvgIpc) is 2.84. The zero-order chi connectivity index (χ0) is 12.2. The zero-order valence-corrected chi connectivity index (χ0v) is 10.1. The van der Waals surface area contributed by atoms with Crippen molar-refractivity contribution in [3.05, 3.63) is 0 Å². The third-order valence-corrected chi connectivity index (χ3v) is 4.32. The fraction of sp³-hybridized carbons (Fsp3) is 0.917. The molecule has 0 spiro atoms. The number of ether oxygens (including phenoxy) is 3. The van der Waals surface area contributed by atoms with Gasteiger partial charge >= 0.3 is 5.97 Å². The number of fused-ring (bicyclic) bond motifs is 1. The molecule has 5 heteroatoms. The van der Waals surface area contributed by atoms with Crippen LogP contribution in [0.4, 0.5) is 0 Å². The minimum atomic E-state index is -0.961. The van der Waals surface area contributed by atoms with Crippen LogP contribution in [0.5, 0.6) is 0 Å². The van der Waals surface area contributed by atoms with E-state index in [1.165, 1.54) is 0 Å². The maximum Gasteiger partial charge on any atom is 0.315 e. The minimum absolute atomic E-state index is 0.0561. The molecule has 5 nitrogen and oxygen atoms in total. The third kappa shape index (κ3) is 1.22. The molecule has 0 amide bonds. The second-order valence-corrected chi connectivity index (χ2v) is 4.96. The second-order valence-electron chi connectivity index (χ2n) is 4.96. The van der Waals surface area contributed by atoms with E-state index in [4.69, 9.17) is 14.2 Å². The number of aliphatic hydroxyl groups excluding tert-OH is 1. The van der Waals surface area contributed by atoms with Crippen molar-refractivity contribution in [1.29, 1.82) is 0 Å². The lowest BCUT2D eigenvalue weighted by molar-refractivity contribution is -0.289. The van der Waals surface area contributed by atoms with Crippen LogP contribution in [-0.2, 0) is 19.0 Å². The van der Waals surface area contributed by atoms with E-state index in [-0.39, 0.29) is 29.8 Å². The average molecular weight is 242 g/mol. The first kappa shape index (κ1) is 11.4. The summed E-state index contributed by atoms with van der Waals surface area (Å²) in [6, 6.07) is 0. The molecule has 2 aliphatic carbocycles. The predicted octanol–water partition coefficient (Wildman–Crippen LogP) is 0.308. The molecule has 0 aromatic rings. The summed E-state index contributed by atoms with van der Waals surface area (Å²) in [5, 5.41) is 10.2. The van der Waals surface area contributed by atoms with Gasteiger partial charge in [-0.25, -0.2) is 0 Å². The SMILES string of the molecule is CCOC1(OCC)C2CC3C(OC(=O)C31)C2O. The van der Waals surface area contributed by atoms with Gasteiger partial charge in [-0.1, -0.05) is 0 Å². The van der Waals surface area contributed by atoms with E-state index >= 15 is 0 Å². The highest BCUT2D eigenvalue weighted by molar-refractivity contribution is 5.78. The molecule has 2 saturated carbocycles. The zero-order valence-electron chi connectivity index (χ0n) is 10.1. The van der Waals surface area contributed by atoms with Crippen molar-refractivity contribution in [1.82, 2.24) is 0 Å². The fourth-order valence-electron chi connectivity index (χ4n) is 3.90. The van der Waals surface area contributed by atoms with E-state index in [2.05, 4.69) is 0 Å². The molecule has 3 rings (SSSR count). The van der Waals surface area contributed by atoms with Gasteiger partial charge in [0.05, 0.1) is 6.10 Å². The standard InChI is InChI=1S/C12H18O5/c1-3-15-12(16-4-2)7-5-6-8(12)11(14)17-10(6)9(7)13/h6-10,13H,3-5H2,1-2H3. The molecule has 3 aliphatic rings. The number of rotatable bonds is 4. The molecule has 0 radical (unpaired) electrons. The van der Waals surface area contributed by atoms with Crippen LogP contribution in [0, 0.1) is 17.8 Å². The Hall–Kier alpha value is -0.650. The summed E-state index contributed by atoms with van der Waals surface area (Å²) in [6.07, 6.45) is -0.241. The van der Waals surface area contributed by atoms with Gasteiger partial charge in [0, 0.05) is 25.0 Å². The van der Waals surface area contributed by atoms with E-state index in [1.807, 2.05) is 13.8 Å². The van der Waals surface area contributed by atoms with Gasteiger partial charge in [-0.05, 0) is 20.3 Å². The Labute approximate surface area is 100 Å². The Balaban J connectivity index is 2.00. The number of aliphatic hydroxyl groups is 1. The fourth-order valence-corrected chi connectivity index (χ4v) is 3.90. The Bertz CT molecular complexity index is 336. The van der Waals surface area contributed by atoms with E-state index in [1.54, 1.807) is 0 Å². The van der Waals surface area contributed by atoms with Crippen molar-refractivity contribution >= 4 is 5.97 Å². The van der Waals surface area contributed by atoms with Crippen molar-refractivity contribution in [2.45, 2.75) is 38.3 Å². The van der Waals surface area contributed by atoms with Crippen LogP contribution in [0.3, 0.4) is 0 Å². The van der Waals surface area contributed by atoms with Gasteiger partial charge in [-0.2, -0.15) is 0 Å². The van der Waals surface area contributed by atoms with Gasteiger partial charge < -0.3 is 19.3 Å². The number of hydrogen-bond acceptors (Lipinski definition) is 5. The van der Waals surface area contributed by atoms with Gasteiger partial charge in [-0.15, -0.1) is 0 Å². The first-order chi connectivity index (χ1) is 8.15. The molecular weight excluding hydrogens is 224 g/mol. The smallest absolute Gasteiger partial charge is 0.315 e. The van der Waals surface area contributed by atoms with Crippen LogP contribution in [0.1, 0.15) is 20.3 Å². The molecule has 5 unspecified atom stereocenters. The summed E-state index contributed by atoms with van der Waals surface area (Å²) < 4.78 is 16.8. The van der Waals surface area contributed by atoms with Gasteiger partial charge in [0.2, 0.25) is 0 Å². The highest BCUT2D eigenvalue weighted by Crippen LogP contribution is 2.61. The van der Waals surface area contributed by atoms with Crippen molar-refractivity contribution in [3.8, 4) is 0 Å². The third-order valence-electron chi connectivity index (χ3n) is 4.32. The van der Waals surface area contributed by atoms with Gasteiger partial charge in [0.25, 0.3) is 0 Å². The highest BCUT2D eigenvalue weighted by Gasteiger charge is 2.75. The van der Waals surface area contributed by atoms with Crippen LogP contribution >= 0.6 is 0 Å². The van der Waals surface area contributed by atoms with Gasteiger partial charge in [0.15, 0.2) is 5.79 Å². The molecule has 17 heavy (non-hydrogen) atoms. The van der Waals surface area contributed by atoms with Crippen molar-refractivity contribution < 1.29 is 24.1 Å². The van der Waals surface area contributed by atoms with Crippen LogP contribution in [0.25, 0.3) is 0 Å². The Morgan fingerprint density at radius 1 is 1.41 bits per heavy atom. The van der Waals surface area contributed by atoms with Crippen LogP contribution in [0.15, 0.2) is 0 Å². The normalized spacial score (nSPS) is 45.4. The molecule has 0 aromatic carbocycles. The molecular formula is C12H18O5. The number of hydrogen-bond donors (Lipinski definition) is 1. The molecule has 5 atom stereocenters. The maximum absolute atomic E-state index is 11.9. The summed E-state index contributed by atoms with van der Waals surface area (Å²) in [7, 11) is 0. The summed E-state index contributed by atoms with van der Waals surface area (Å²) in [6.45, 7) is 4.67. The van der Waals surface area contributed by atoms with E-state index < -0.39 is 11.9 Å². The minimum Gasteiger partial charge on any atom is -0.459 e. The Morgan fingerprint density at radius 2 is 2.06 bits per heavy atom. The molecule has 2 bridgehead atoms. The van der Waals surface area contributed by atoms with Crippen molar-refractivity contribution in [3.63, 3.8) is 0 Å². The van der Waals surface area contributed by atoms with Crippen molar-refractivity contribution in [2.75, 3.05) is 13.2 Å². The predicted molar refractivity (Wildman–Crippen MR) is 57.0 cm³/mol. The quantitative estimate of drug-likeness (QED) is 0.567. The molecule has 0 aromatic heterocycles. The lowest BCUT2D eigenvalue weighted by Crippen LogP contribution is -2.54. The van der Waals surface area contributed by atoms with E-state index in [0.29, 0.717) is 13.2 Å². The maximum atomic E-state index is 11.9. The monoisotopic (exact) mass is 242 g/mol. The lowest BCUT2D eigenvalue weighted by atomic mass is 9.82. The summed E-state index contributed by atoms with van der Waals surface area (Å²) in [4.78, 5) is 11.9. The highest BCUT2D eigenvalue weighted by atomic mass is 16.7. The van der Waals surface area contributed by atoms with Crippen molar-refractivity contribution in [2.24, 2.45) is 17.8 Å². The molecule has 1 heterocycles. The molecule has 96 valence electrons. The van der Waals surface area contributed by atoms with E-state index in [0.717, 1.165) is 6.42 Å². The summed E-state index contributed by atoms with van der Waals surface area (Å²) >= 11 is 0. The topological polar surface area (TPSA) is 65.0 Å². The first-order valence-electron chi connectivity index (χ1n) is 6.32. The second kappa shape index (κ2) is 3.67. The lowest BCUT2D eigenvalue weighted by Gasteiger charge is -2.40. The summed E-state index contributed by atoms with van der Waals surface area (Å²) in [5.74, 6) is -1.69. The number of carbonyl (C=O) groups excluding carboxylic acids is 1. The van der Waals surface area contributed by atoms with Crippen LogP contribution in [0.2, 0.25) is 0 Å². The molecule has 1 aliphatic heterocycles.